The van der Waals surface area contributed by atoms with E-state index in [2.05, 4.69) is 20.7 Å². The Kier molecular flexibility index (Phi) is 7.07. The summed E-state index contributed by atoms with van der Waals surface area (Å²) in [5, 5.41) is 0. The average Bonchev–Trinajstić information content (AvgIpc) is 2.40. The lowest BCUT2D eigenvalue weighted by molar-refractivity contribution is -0.144. The maximum absolute atomic E-state index is 14.3. The van der Waals surface area contributed by atoms with Crippen molar-refractivity contribution in [1.29, 1.82) is 0 Å². The Balaban J connectivity index is 3.24. The van der Waals surface area contributed by atoms with Gasteiger partial charge in [-0.15, -0.1) is 4.72 Å². The monoisotopic (exact) mass is 407 g/mol. The summed E-state index contributed by atoms with van der Waals surface area (Å²) < 4.78 is 34.9. The molecule has 4 nitrogen and oxygen atoms in total. The SMILES string of the molecule is CCOC(=O)C[C@](C)(N[S+]([O-])C(C)(C)C)c1cc(Br)ccc1F. The molecule has 1 unspecified atom stereocenters. The van der Waals surface area contributed by atoms with E-state index in [4.69, 9.17) is 4.74 Å². The molecule has 0 aliphatic carbocycles. The van der Waals surface area contributed by atoms with Crippen LogP contribution >= 0.6 is 15.9 Å². The van der Waals surface area contributed by atoms with E-state index in [1.807, 2.05) is 0 Å². The van der Waals surface area contributed by atoms with E-state index in [0.717, 1.165) is 0 Å². The van der Waals surface area contributed by atoms with Crippen molar-refractivity contribution < 1.29 is 18.5 Å². The molecule has 0 aromatic heterocycles. The molecule has 0 amide bonds. The first-order valence-corrected chi connectivity index (χ1v) is 9.24. The van der Waals surface area contributed by atoms with Crippen molar-refractivity contribution in [3.05, 3.63) is 34.1 Å². The van der Waals surface area contributed by atoms with Gasteiger partial charge in [-0.3, -0.25) is 4.79 Å². The van der Waals surface area contributed by atoms with Crippen LogP contribution < -0.4 is 4.72 Å². The number of carbonyl (C=O) groups excluding carboxylic acids is 1. The van der Waals surface area contributed by atoms with Gasteiger partial charge in [-0.2, -0.15) is 0 Å². The molecule has 2 atom stereocenters. The average molecular weight is 408 g/mol. The second kappa shape index (κ2) is 7.96. The molecule has 0 aliphatic heterocycles. The molecule has 0 aliphatic rings. The minimum atomic E-state index is -1.48. The van der Waals surface area contributed by atoms with Crippen molar-refractivity contribution in [2.75, 3.05) is 6.61 Å². The van der Waals surface area contributed by atoms with Gasteiger partial charge in [-0.25, -0.2) is 4.39 Å². The van der Waals surface area contributed by atoms with Crippen LogP contribution in [0.5, 0.6) is 0 Å². The maximum atomic E-state index is 14.3. The van der Waals surface area contributed by atoms with Gasteiger partial charge in [0.05, 0.1) is 18.6 Å². The number of rotatable bonds is 6. The Morgan fingerprint density at radius 1 is 1.39 bits per heavy atom. The highest BCUT2D eigenvalue weighted by atomic mass is 79.9. The van der Waals surface area contributed by atoms with Crippen molar-refractivity contribution in [2.45, 2.75) is 51.3 Å². The molecule has 1 rings (SSSR count). The first kappa shape index (κ1) is 20.4. The number of benzene rings is 1. The Labute approximate surface area is 148 Å². The molecule has 1 aromatic carbocycles. The first-order chi connectivity index (χ1) is 10.5. The molecule has 0 heterocycles. The zero-order chi connectivity index (χ0) is 17.8. The predicted octanol–water partition coefficient (Wildman–Crippen LogP) is 3.81. The number of carbonyl (C=O) groups is 1. The zero-order valence-corrected chi connectivity index (χ0v) is 16.4. The lowest BCUT2D eigenvalue weighted by Crippen LogP contribution is -2.51. The van der Waals surface area contributed by atoms with Crippen LogP contribution in [-0.4, -0.2) is 21.9 Å². The van der Waals surface area contributed by atoms with Crippen molar-refractivity contribution in [1.82, 2.24) is 4.72 Å². The molecule has 23 heavy (non-hydrogen) atoms. The highest BCUT2D eigenvalue weighted by molar-refractivity contribution is 9.10. The fraction of sp³-hybridized carbons (Fsp3) is 0.562. The normalized spacial score (nSPS) is 15.8. The van der Waals surface area contributed by atoms with E-state index in [9.17, 15) is 13.7 Å². The molecule has 130 valence electrons. The van der Waals surface area contributed by atoms with Gasteiger partial charge in [0, 0.05) is 21.4 Å². The van der Waals surface area contributed by atoms with Crippen LogP contribution in [0.3, 0.4) is 0 Å². The van der Waals surface area contributed by atoms with Crippen LogP contribution in [-0.2, 0) is 26.4 Å². The smallest absolute Gasteiger partial charge is 0.308 e. The number of hydrogen-bond donors (Lipinski definition) is 1. The number of ether oxygens (including phenoxy) is 1. The van der Waals surface area contributed by atoms with E-state index in [1.165, 1.54) is 6.07 Å². The number of hydrogen-bond acceptors (Lipinski definition) is 4. The van der Waals surface area contributed by atoms with Gasteiger partial charge >= 0.3 is 5.97 Å². The van der Waals surface area contributed by atoms with Crippen LogP contribution in [0.25, 0.3) is 0 Å². The molecule has 7 heteroatoms. The van der Waals surface area contributed by atoms with Gasteiger partial charge < -0.3 is 9.29 Å². The molecule has 0 saturated carbocycles. The fourth-order valence-electron chi connectivity index (χ4n) is 1.97. The quantitative estimate of drug-likeness (QED) is 0.575. The molecule has 0 radical (unpaired) electrons. The first-order valence-electron chi connectivity index (χ1n) is 7.30. The summed E-state index contributed by atoms with van der Waals surface area (Å²) in [5.41, 5.74) is -0.893. The van der Waals surface area contributed by atoms with Crippen LogP contribution in [0.1, 0.15) is 46.6 Å². The summed E-state index contributed by atoms with van der Waals surface area (Å²) in [7, 11) is 0. The number of esters is 1. The third-order valence-electron chi connectivity index (χ3n) is 3.20. The summed E-state index contributed by atoms with van der Waals surface area (Å²) >= 11 is 1.82. The van der Waals surface area contributed by atoms with Gasteiger partial charge in [-0.05, 0) is 52.8 Å². The molecule has 1 N–H and O–H groups in total. The topological polar surface area (TPSA) is 61.4 Å². The van der Waals surface area contributed by atoms with Crippen molar-refractivity contribution >= 4 is 33.3 Å². The largest absolute Gasteiger partial charge is 0.598 e. The Hall–Kier alpha value is -0.630. The van der Waals surface area contributed by atoms with Gasteiger partial charge in [-0.1, -0.05) is 15.9 Å². The highest BCUT2D eigenvalue weighted by Crippen LogP contribution is 2.32. The third-order valence-corrected chi connectivity index (χ3v) is 5.44. The standard InChI is InChI=1S/C16H23BrFNO3S/c1-6-22-14(20)10-16(5,19-23(21)15(2,3)4)12-9-11(17)7-8-13(12)18/h7-9,19H,6,10H2,1-5H3/t16-,23?/m0/s1. The van der Waals surface area contributed by atoms with Crippen LogP contribution in [0.2, 0.25) is 0 Å². The summed E-state index contributed by atoms with van der Waals surface area (Å²) in [4.78, 5) is 12.0. The fourth-order valence-corrected chi connectivity index (χ4v) is 3.22. The van der Waals surface area contributed by atoms with Crippen LogP contribution in [0, 0.1) is 5.82 Å². The Morgan fingerprint density at radius 2 is 2.00 bits per heavy atom. The van der Waals surface area contributed by atoms with Gasteiger partial charge in [0.15, 0.2) is 0 Å². The molecular weight excluding hydrogens is 385 g/mol. The second-order valence-corrected chi connectivity index (χ2v) is 9.30. The van der Waals surface area contributed by atoms with Crippen molar-refractivity contribution in [3.8, 4) is 0 Å². The maximum Gasteiger partial charge on any atom is 0.308 e. The Bertz CT molecular complexity index is 565. The van der Waals surface area contributed by atoms with Crippen LogP contribution in [0.4, 0.5) is 4.39 Å². The van der Waals surface area contributed by atoms with E-state index in [1.54, 1.807) is 46.8 Å². The molecule has 0 spiro atoms. The Morgan fingerprint density at radius 3 is 2.52 bits per heavy atom. The summed E-state index contributed by atoms with van der Waals surface area (Å²) in [6.07, 6.45) is -0.129. The lowest BCUT2D eigenvalue weighted by Gasteiger charge is -2.34. The summed E-state index contributed by atoms with van der Waals surface area (Å²) in [6.45, 7) is 9.00. The molecule has 0 fully saturated rings. The van der Waals surface area contributed by atoms with Crippen molar-refractivity contribution in [2.24, 2.45) is 0 Å². The lowest BCUT2D eigenvalue weighted by atomic mass is 9.89. The minimum Gasteiger partial charge on any atom is -0.598 e. The number of nitrogens with one attached hydrogen (secondary N) is 1. The third kappa shape index (κ3) is 5.74. The van der Waals surface area contributed by atoms with E-state index in [-0.39, 0.29) is 18.6 Å². The second-order valence-electron chi connectivity index (χ2n) is 6.42. The minimum absolute atomic E-state index is 0.129. The molecule has 0 bridgehead atoms. The van der Waals surface area contributed by atoms with Crippen LogP contribution in [0.15, 0.2) is 22.7 Å². The summed E-state index contributed by atoms with van der Waals surface area (Å²) in [5.74, 6) is -0.953. The van der Waals surface area contributed by atoms with E-state index >= 15 is 0 Å². The predicted molar refractivity (Wildman–Crippen MR) is 93.7 cm³/mol. The van der Waals surface area contributed by atoms with Gasteiger partial charge in [0.1, 0.15) is 10.6 Å². The summed E-state index contributed by atoms with van der Waals surface area (Å²) in [6, 6.07) is 4.47. The van der Waals surface area contributed by atoms with Gasteiger partial charge in [0.25, 0.3) is 0 Å². The zero-order valence-electron chi connectivity index (χ0n) is 14.0. The molecule has 0 saturated heterocycles. The molecule has 1 aromatic rings. The van der Waals surface area contributed by atoms with Gasteiger partial charge in [0.2, 0.25) is 0 Å². The number of halogens is 2. The van der Waals surface area contributed by atoms with E-state index < -0.39 is 33.4 Å². The van der Waals surface area contributed by atoms with Crippen molar-refractivity contribution in [3.63, 3.8) is 0 Å². The van der Waals surface area contributed by atoms with E-state index in [0.29, 0.717) is 4.47 Å². The molecular formula is C16H23BrFNO3S. The highest BCUT2D eigenvalue weighted by Gasteiger charge is 2.40.